The summed E-state index contributed by atoms with van der Waals surface area (Å²) in [6.45, 7) is 2.02. The third kappa shape index (κ3) is 2.32. The van der Waals surface area contributed by atoms with Gasteiger partial charge in [-0.3, -0.25) is 0 Å². The Morgan fingerprint density at radius 1 is 1.54 bits per heavy atom. The summed E-state index contributed by atoms with van der Waals surface area (Å²) in [5.41, 5.74) is 0.977. The van der Waals surface area contributed by atoms with Gasteiger partial charge in [-0.15, -0.1) is 0 Å². The largest absolute Gasteiger partial charge is 0.481 e. The van der Waals surface area contributed by atoms with E-state index in [2.05, 4.69) is 10.3 Å². The van der Waals surface area contributed by atoms with Gasteiger partial charge < -0.3 is 10.1 Å². The van der Waals surface area contributed by atoms with E-state index in [9.17, 15) is 0 Å². The first-order valence-electron chi connectivity index (χ1n) is 4.06. The summed E-state index contributed by atoms with van der Waals surface area (Å²) >= 11 is 5.95. The molecule has 13 heavy (non-hydrogen) atoms. The van der Waals surface area contributed by atoms with E-state index in [1.54, 1.807) is 13.2 Å². The zero-order valence-corrected chi connectivity index (χ0v) is 8.72. The van der Waals surface area contributed by atoms with Gasteiger partial charge in [0.25, 0.3) is 0 Å². The van der Waals surface area contributed by atoms with Crippen LogP contribution in [0.25, 0.3) is 0 Å². The van der Waals surface area contributed by atoms with Gasteiger partial charge in [0, 0.05) is 17.7 Å². The number of methoxy groups -OCH3 is 1. The van der Waals surface area contributed by atoms with Crippen LogP contribution < -0.4 is 10.1 Å². The van der Waals surface area contributed by atoms with Crippen molar-refractivity contribution in [3.05, 3.63) is 22.8 Å². The van der Waals surface area contributed by atoms with E-state index in [4.69, 9.17) is 16.3 Å². The first-order chi connectivity index (χ1) is 6.19. The van der Waals surface area contributed by atoms with Crippen molar-refractivity contribution in [1.29, 1.82) is 0 Å². The maximum Gasteiger partial charge on any atom is 0.214 e. The smallest absolute Gasteiger partial charge is 0.214 e. The van der Waals surface area contributed by atoms with Crippen molar-refractivity contribution in [2.75, 3.05) is 14.2 Å². The number of rotatable bonds is 3. The fraction of sp³-hybridized carbons (Fsp3) is 0.444. The van der Waals surface area contributed by atoms with Gasteiger partial charge in [0.1, 0.15) is 5.15 Å². The average Bonchev–Trinajstić information content (AvgIpc) is 2.16. The van der Waals surface area contributed by atoms with E-state index < -0.39 is 0 Å². The van der Waals surface area contributed by atoms with E-state index in [0.29, 0.717) is 11.0 Å². The second kappa shape index (κ2) is 4.44. The number of nitrogens with zero attached hydrogens (tertiary/aromatic N) is 1. The zero-order chi connectivity index (χ0) is 9.84. The average molecular weight is 201 g/mol. The minimum Gasteiger partial charge on any atom is -0.481 e. The second-order valence-corrected chi connectivity index (χ2v) is 3.10. The number of hydrogen-bond donors (Lipinski definition) is 1. The van der Waals surface area contributed by atoms with E-state index in [-0.39, 0.29) is 6.04 Å². The molecule has 0 saturated heterocycles. The van der Waals surface area contributed by atoms with Crippen LogP contribution in [-0.4, -0.2) is 19.1 Å². The highest BCUT2D eigenvalue weighted by molar-refractivity contribution is 6.30. The summed E-state index contributed by atoms with van der Waals surface area (Å²) in [7, 11) is 3.45. The summed E-state index contributed by atoms with van der Waals surface area (Å²) in [6, 6.07) is 3.91. The maximum absolute atomic E-state index is 5.95. The Hall–Kier alpha value is -0.800. The second-order valence-electron chi connectivity index (χ2n) is 2.74. The van der Waals surface area contributed by atoms with Gasteiger partial charge in [-0.05, 0) is 20.0 Å². The molecule has 0 spiro atoms. The molecule has 0 aliphatic rings. The van der Waals surface area contributed by atoms with Gasteiger partial charge in [-0.25, -0.2) is 4.98 Å². The normalized spacial score (nSPS) is 12.6. The minimum absolute atomic E-state index is 0.200. The Morgan fingerprint density at radius 3 is 2.69 bits per heavy atom. The molecule has 1 rings (SSSR count). The van der Waals surface area contributed by atoms with Crippen molar-refractivity contribution < 1.29 is 4.74 Å². The molecule has 72 valence electrons. The molecule has 1 heterocycles. The Kier molecular flexibility index (Phi) is 3.51. The standard InChI is InChI=1S/C9H13ClN2O/c1-6(11-2)7-4-5-8(13-3)12-9(7)10/h4-6,11H,1-3H3/t6-/m0/s1. The summed E-state index contributed by atoms with van der Waals surface area (Å²) in [6.07, 6.45) is 0. The zero-order valence-electron chi connectivity index (χ0n) is 7.97. The molecule has 0 aliphatic carbocycles. The van der Waals surface area contributed by atoms with Crippen LogP contribution in [0.1, 0.15) is 18.5 Å². The Morgan fingerprint density at radius 2 is 2.23 bits per heavy atom. The van der Waals surface area contributed by atoms with Crippen LogP contribution in [0.4, 0.5) is 0 Å². The van der Waals surface area contributed by atoms with Crippen LogP contribution in [0, 0.1) is 0 Å². The number of nitrogens with one attached hydrogen (secondary N) is 1. The van der Waals surface area contributed by atoms with Crippen LogP contribution in [-0.2, 0) is 0 Å². The van der Waals surface area contributed by atoms with Gasteiger partial charge in [-0.1, -0.05) is 11.6 Å². The van der Waals surface area contributed by atoms with Gasteiger partial charge in [0.05, 0.1) is 7.11 Å². The van der Waals surface area contributed by atoms with Crippen LogP contribution in [0.5, 0.6) is 5.88 Å². The van der Waals surface area contributed by atoms with Crippen molar-refractivity contribution in [3.63, 3.8) is 0 Å². The minimum atomic E-state index is 0.200. The van der Waals surface area contributed by atoms with E-state index in [1.807, 2.05) is 20.0 Å². The molecule has 1 aromatic rings. The van der Waals surface area contributed by atoms with Crippen LogP contribution >= 0.6 is 11.6 Å². The highest BCUT2D eigenvalue weighted by Gasteiger charge is 2.09. The van der Waals surface area contributed by atoms with Crippen molar-refractivity contribution in [3.8, 4) is 5.88 Å². The van der Waals surface area contributed by atoms with E-state index in [1.165, 1.54) is 0 Å². The molecule has 0 fully saturated rings. The lowest BCUT2D eigenvalue weighted by Gasteiger charge is -2.12. The highest BCUT2D eigenvalue weighted by Crippen LogP contribution is 2.22. The Labute approximate surface area is 83.1 Å². The fourth-order valence-electron chi connectivity index (χ4n) is 1.02. The molecule has 0 unspecified atom stereocenters. The number of pyridine rings is 1. The molecule has 3 nitrogen and oxygen atoms in total. The summed E-state index contributed by atoms with van der Waals surface area (Å²) < 4.78 is 4.95. The topological polar surface area (TPSA) is 34.1 Å². The van der Waals surface area contributed by atoms with Crippen molar-refractivity contribution >= 4 is 11.6 Å². The van der Waals surface area contributed by atoms with Gasteiger partial charge in [-0.2, -0.15) is 0 Å². The number of hydrogen-bond acceptors (Lipinski definition) is 3. The van der Waals surface area contributed by atoms with Gasteiger partial charge in [0.2, 0.25) is 5.88 Å². The molecule has 0 aromatic carbocycles. The molecule has 0 aliphatic heterocycles. The summed E-state index contributed by atoms with van der Waals surface area (Å²) in [4.78, 5) is 4.06. The number of aromatic nitrogens is 1. The van der Waals surface area contributed by atoms with Crippen molar-refractivity contribution in [2.45, 2.75) is 13.0 Å². The molecule has 1 aromatic heterocycles. The van der Waals surface area contributed by atoms with Gasteiger partial charge >= 0.3 is 0 Å². The molecule has 0 amide bonds. The lowest BCUT2D eigenvalue weighted by molar-refractivity contribution is 0.397. The first kappa shape index (κ1) is 10.3. The monoisotopic (exact) mass is 200 g/mol. The summed E-state index contributed by atoms with van der Waals surface area (Å²) in [5.74, 6) is 0.539. The molecular formula is C9H13ClN2O. The first-order valence-corrected chi connectivity index (χ1v) is 4.44. The SMILES string of the molecule is CN[C@@H](C)c1ccc(OC)nc1Cl. The Bertz CT molecular complexity index is 291. The van der Waals surface area contributed by atoms with Crippen LogP contribution in [0.2, 0.25) is 5.15 Å². The van der Waals surface area contributed by atoms with E-state index in [0.717, 1.165) is 5.56 Å². The van der Waals surface area contributed by atoms with E-state index >= 15 is 0 Å². The van der Waals surface area contributed by atoms with Crippen molar-refractivity contribution in [2.24, 2.45) is 0 Å². The third-order valence-corrected chi connectivity index (χ3v) is 2.26. The fourth-order valence-corrected chi connectivity index (χ4v) is 1.33. The number of ether oxygens (including phenoxy) is 1. The van der Waals surface area contributed by atoms with Gasteiger partial charge in [0.15, 0.2) is 0 Å². The molecule has 1 atom stereocenters. The predicted octanol–water partition coefficient (Wildman–Crippen LogP) is 2.02. The van der Waals surface area contributed by atoms with Crippen molar-refractivity contribution in [1.82, 2.24) is 10.3 Å². The highest BCUT2D eigenvalue weighted by atomic mass is 35.5. The molecule has 0 saturated carbocycles. The molecular weight excluding hydrogens is 188 g/mol. The molecule has 0 bridgehead atoms. The number of halogens is 1. The lowest BCUT2D eigenvalue weighted by atomic mass is 10.1. The predicted molar refractivity (Wildman–Crippen MR) is 53.3 cm³/mol. The summed E-state index contributed by atoms with van der Waals surface area (Å²) in [5, 5.41) is 3.58. The quantitative estimate of drug-likeness (QED) is 0.759. The molecule has 1 N–H and O–H groups in total. The third-order valence-electron chi connectivity index (χ3n) is 1.96. The maximum atomic E-state index is 5.95. The lowest BCUT2D eigenvalue weighted by Crippen LogP contribution is -2.13. The Balaban J connectivity index is 2.98. The van der Waals surface area contributed by atoms with Crippen LogP contribution in [0.3, 0.4) is 0 Å². The molecule has 0 radical (unpaired) electrons. The van der Waals surface area contributed by atoms with Crippen LogP contribution in [0.15, 0.2) is 12.1 Å². The molecule has 4 heteroatoms.